The van der Waals surface area contributed by atoms with Gasteiger partial charge < -0.3 is 9.72 Å². The van der Waals surface area contributed by atoms with E-state index in [0.29, 0.717) is 11.3 Å². The minimum atomic E-state index is -0.807. The van der Waals surface area contributed by atoms with E-state index in [1.165, 1.54) is 6.07 Å². The summed E-state index contributed by atoms with van der Waals surface area (Å²) in [5.74, 6) is -2.14. The number of nitrogens with one attached hydrogen (secondary N) is 1. The highest BCUT2D eigenvalue weighted by atomic mass is 19.1. The maximum absolute atomic E-state index is 13.4. The standard InChI is InChI=1S/C15H11F2N3O/c16-11-4-3-5-12(17)15(11)19-14(21)8-10-9-20-7-2-1-6-13(20)18-10/h1-7,9H,8H2,(H,19,21). The van der Waals surface area contributed by atoms with Gasteiger partial charge in [-0.1, -0.05) is 12.1 Å². The van der Waals surface area contributed by atoms with Crippen molar-refractivity contribution in [2.45, 2.75) is 6.42 Å². The predicted octanol–water partition coefficient (Wildman–Crippen LogP) is 2.79. The molecule has 1 N–H and O–H groups in total. The number of aromatic nitrogens is 2. The molecule has 6 heteroatoms. The van der Waals surface area contributed by atoms with Crippen molar-refractivity contribution < 1.29 is 13.6 Å². The van der Waals surface area contributed by atoms with Gasteiger partial charge in [-0.2, -0.15) is 0 Å². The number of hydrogen-bond acceptors (Lipinski definition) is 2. The average molecular weight is 287 g/mol. The molecule has 0 saturated carbocycles. The third-order valence-electron chi connectivity index (χ3n) is 2.98. The second-order valence-corrected chi connectivity index (χ2v) is 4.52. The highest BCUT2D eigenvalue weighted by Gasteiger charge is 2.13. The van der Waals surface area contributed by atoms with Gasteiger partial charge >= 0.3 is 0 Å². The Bertz CT molecular complexity index is 760. The Balaban J connectivity index is 1.77. The zero-order valence-electron chi connectivity index (χ0n) is 10.9. The first-order valence-corrected chi connectivity index (χ1v) is 6.30. The van der Waals surface area contributed by atoms with E-state index in [2.05, 4.69) is 10.3 Å². The van der Waals surface area contributed by atoms with Crippen LogP contribution in [0.1, 0.15) is 5.69 Å². The second kappa shape index (κ2) is 5.32. The average Bonchev–Trinajstić information content (AvgIpc) is 2.85. The van der Waals surface area contributed by atoms with Crippen LogP contribution in [0.25, 0.3) is 5.65 Å². The van der Waals surface area contributed by atoms with Crippen LogP contribution in [0.3, 0.4) is 0 Å². The van der Waals surface area contributed by atoms with E-state index in [1.807, 2.05) is 12.1 Å². The SMILES string of the molecule is O=C(Cc1cn2ccccc2n1)Nc1c(F)cccc1F. The summed E-state index contributed by atoms with van der Waals surface area (Å²) in [4.78, 5) is 16.1. The summed E-state index contributed by atoms with van der Waals surface area (Å²) < 4.78 is 28.7. The van der Waals surface area contributed by atoms with Crippen molar-refractivity contribution in [3.63, 3.8) is 0 Å². The zero-order valence-corrected chi connectivity index (χ0v) is 10.9. The molecule has 3 aromatic rings. The number of rotatable bonds is 3. The highest BCUT2D eigenvalue weighted by Crippen LogP contribution is 2.18. The van der Waals surface area contributed by atoms with E-state index >= 15 is 0 Å². The molecule has 0 aliphatic rings. The molecule has 0 spiro atoms. The first kappa shape index (κ1) is 13.2. The van der Waals surface area contributed by atoms with Crippen molar-refractivity contribution in [3.8, 4) is 0 Å². The first-order chi connectivity index (χ1) is 10.1. The maximum atomic E-state index is 13.4. The molecule has 1 amide bonds. The van der Waals surface area contributed by atoms with Gasteiger partial charge in [0.2, 0.25) is 5.91 Å². The second-order valence-electron chi connectivity index (χ2n) is 4.52. The summed E-state index contributed by atoms with van der Waals surface area (Å²) in [5.41, 5.74) is 0.791. The predicted molar refractivity (Wildman–Crippen MR) is 73.9 cm³/mol. The van der Waals surface area contributed by atoms with Crippen molar-refractivity contribution >= 4 is 17.2 Å². The topological polar surface area (TPSA) is 46.4 Å². The summed E-state index contributed by atoms with van der Waals surface area (Å²) in [5, 5.41) is 2.23. The molecule has 0 aliphatic heterocycles. The van der Waals surface area contributed by atoms with Crippen LogP contribution in [0.4, 0.5) is 14.5 Å². The van der Waals surface area contributed by atoms with E-state index in [-0.39, 0.29) is 6.42 Å². The quantitative estimate of drug-likeness (QED) is 0.805. The van der Waals surface area contributed by atoms with Gasteiger partial charge in [0.25, 0.3) is 0 Å². The van der Waals surface area contributed by atoms with Gasteiger partial charge in [-0.15, -0.1) is 0 Å². The molecule has 0 bridgehead atoms. The van der Waals surface area contributed by atoms with Crippen LogP contribution < -0.4 is 5.32 Å². The molecular weight excluding hydrogens is 276 g/mol. The number of fused-ring (bicyclic) bond motifs is 1. The van der Waals surface area contributed by atoms with Crippen LogP contribution in [-0.2, 0) is 11.2 Å². The van der Waals surface area contributed by atoms with Gasteiger partial charge in [-0.05, 0) is 24.3 Å². The van der Waals surface area contributed by atoms with Gasteiger partial charge in [0, 0.05) is 12.4 Å². The molecule has 0 fully saturated rings. The fraction of sp³-hybridized carbons (Fsp3) is 0.0667. The number of pyridine rings is 1. The lowest BCUT2D eigenvalue weighted by Crippen LogP contribution is -2.16. The van der Waals surface area contributed by atoms with E-state index in [9.17, 15) is 13.6 Å². The van der Waals surface area contributed by atoms with Crippen LogP contribution in [0.2, 0.25) is 0 Å². The number of carbonyl (C=O) groups excluding carboxylic acids is 1. The molecule has 21 heavy (non-hydrogen) atoms. The number of para-hydroxylation sites is 1. The van der Waals surface area contributed by atoms with Gasteiger partial charge in [-0.3, -0.25) is 4.79 Å². The first-order valence-electron chi connectivity index (χ1n) is 6.30. The number of anilines is 1. The lowest BCUT2D eigenvalue weighted by atomic mass is 10.2. The number of carbonyl (C=O) groups is 1. The van der Waals surface area contributed by atoms with Gasteiger partial charge in [0.1, 0.15) is 23.0 Å². The van der Waals surface area contributed by atoms with Crippen molar-refractivity contribution in [2.75, 3.05) is 5.32 Å². The lowest BCUT2D eigenvalue weighted by Gasteiger charge is -2.06. The van der Waals surface area contributed by atoms with E-state index in [0.717, 1.165) is 12.1 Å². The van der Waals surface area contributed by atoms with Crippen LogP contribution in [0, 0.1) is 11.6 Å². The summed E-state index contributed by atoms with van der Waals surface area (Å²) in [6, 6.07) is 8.89. The fourth-order valence-corrected chi connectivity index (χ4v) is 2.04. The van der Waals surface area contributed by atoms with Gasteiger partial charge in [-0.25, -0.2) is 13.8 Å². The summed E-state index contributed by atoms with van der Waals surface area (Å²) >= 11 is 0. The Kier molecular flexibility index (Phi) is 3.35. The van der Waals surface area contributed by atoms with Crippen LogP contribution in [0.5, 0.6) is 0 Å². The van der Waals surface area contributed by atoms with Crippen LogP contribution in [0.15, 0.2) is 48.8 Å². The Morgan fingerprint density at radius 2 is 1.90 bits per heavy atom. The van der Waals surface area contributed by atoms with E-state index in [1.54, 1.807) is 22.9 Å². The monoisotopic (exact) mass is 287 g/mol. The molecule has 0 saturated heterocycles. The molecule has 0 radical (unpaired) electrons. The molecule has 2 heterocycles. The smallest absolute Gasteiger partial charge is 0.230 e. The summed E-state index contributed by atoms with van der Waals surface area (Å²) in [6.07, 6.45) is 3.45. The molecule has 2 aromatic heterocycles. The van der Waals surface area contributed by atoms with Crippen LogP contribution >= 0.6 is 0 Å². The number of imidazole rings is 1. The Hall–Kier alpha value is -2.76. The van der Waals surface area contributed by atoms with Crippen molar-refractivity contribution in [1.82, 2.24) is 9.38 Å². The van der Waals surface area contributed by atoms with E-state index < -0.39 is 23.2 Å². The Morgan fingerprint density at radius 3 is 2.62 bits per heavy atom. The van der Waals surface area contributed by atoms with Gasteiger partial charge in [0.15, 0.2) is 0 Å². The lowest BCUT2D eigenvalue weighted by molar-refractivity contribution is -0.115. The number of halogens is 2. The molecular formula is C15H11F2N3O. The number of amides is 1. The molecule has 106 valence electrons. The maximum Gasteiger partial charge on any atom is 0.230 e. The zero-order chi connectivity index (χ0) is 14.8. The molecule has 1 aromatic carbocycles. The van der Waals surface area contributed by atoms with Crippen molar-refractivity contribution in [2.24, 2.45) is 0 Å². The third-order valence-corrected chi connectivity index (χ3v) is 2.98. The summed E-state index contributed by atoms with van der Waals surface area (Å²) in [6.45, 7) is 0. The number of hydrogen-bond donors (Lipinski definition) is 1. The molecule has 0 unspecified atom stereocenters. The van der Waals surface area contributed by atoms with Crippen LogP contribution in [-0.4, -0.2) is 15.3 Å². The normalized spacial score (nSPS) is 10.8. The molecule has 0 aliphatic carbocycles. The molecule has 4 nitrogen and oxygen atoms in total. The van der Waals surface area contributed by atoms with Crippen molar-refractivity contribution in [3.05, 3.63) is 66.1 Å². The molecule has 0 atom stereocenters. The number of benzene rings is 1. The Morgan fingerprint density at radius 1 is 1.14 bits per heavy atom. The third kappa shape index (κ3) is 2.74. The van der Waals surface area contributed by atoms with Crippen molar-refractivity contribution in [1.29, 1.82) is 0 Å². The highest BCUT2D eigenvalue weighted by molar-refractivity contribution is 5.92. The Labute approximate surface area is 119 Å². The molecule has 3 rings (SSSR count). The largest absolute Gasteiger partial charge is 0.321 e. The minimum absolute atomic E-state index is 0.0601. The van der Waals surface area contributed by atoms with Gasteiger partial charge in [0.05, 0.1) is 12.1 Å². The minimum Gasteiger partial charge on any atom is -0.321 e. The van der Waals surface area contributed by atoms with E-state index in [4.69, 9.17) is 0 Å². The fourth-order valence-electron chi connectivity index (χ4n) is 2.04. The summed E-state index contributed by atoms with van der Waals surface area (Å²) in [7, 11) is 0. The number of nitrogens with zero attached hydrogens (tertiary/aromatic N) is 2.